The monoisotopic (exact) mass is 393 g/mol. The number of primary amides is 1. The lowest BCUT2D eigenvalue weighted by atomic mass is 9.73. The van der Waals surface area contributed by atoms with Gasteiger partial charge in [-0.2, -0.15) is 0 Å². The molecular weight excluding hydrogens is 368 g/mol. The molecule has 152 valence electrons. The smallest absolute Gasteiger partial charge is 0.231 e. The molecule has 2 amide bonds. The first-order valence-electron chi connectivity index (χ1n) is 9.75. The Kier molecular flexibility index (Phi) is 5.09. The number of carbonyl (C=O) groups is 2. The van der Waals surface area contributed by atoms with Gasteiger partial charge in [-0.3, -0.25) is 14.5 Å². The number of likely N-dealkylation sites (tertiary alicyclic amines) is 1. The highest BCUT2D eigenvalue weighted by molar-refractivity contribution is 5.76. The van der Waals surface area contributed by atoms with Crippen LogP contribution in [-0.4, -0.2) is 54.6 Å². The van der Waals surface area contributed by atoms with Crippen molar-refractivity contribution in [1.29, 1.82) is 0 Å². The molecule has 3 heterocycles. The molecule has 3 aliphatic heterocycles. The number of fused-ring (bicyclic) bond motifs is 1. The lowest BCUT2D eigenvalue weighted by molar-refractivity contribution is -0.121. The second-order valence-corrected chi connectivity index (χ2v) is 8.21. The zero-order chi connectivity index (χ0) is 19.9. The molecule has 1 spiro atoms. The van der Waals surface area contributed by atoms with E-state index < -0.39 is 11.6 Å². The molecule has 3 N–H and O–H groups in total. The summed E-state index contributed by atoms with van der Waals surface area (Å²) in [5, 5.41) is 2.95. The van der Waals surface area contributed by atoms with Crippen molar-refractivity contribution >= 4 is 11.8 Å². The molecule has 1 aromatic rings. The van der Waals surface area contributed by atoms with Crippen LogP contribution < -0.4 is 11.1 Å². The summed E-state index contributed by atoms with van der Waals surface area (Å²) in [5.41, 5.74) is 5.44. The Morgan fingerprint density at radius 2 is 2.18 bits per heavy atom. The second-order valence-electron chi connectivity index (χ2n) is 8.21. The molecule has 4 rings (SSSR count). The SMILES string of the molecule is NC(=O)CN1C[C@@H]2[C@H](CNC(=O)CCc3ccc(F)cc3F)[C@H]3CC[C@]2(C1)O3. The maximum Gasteiger partial charge on any atom is 0.231 e. The lowest BCUT2D eigenvalue weighted by Crippen LogP contribution is -2.41. The van der Waals surface area contributed by atoms with E-state index in [0.29, 0.717) is 18.7 Å². The van der Waals surface area contributed by atoms with Gasteiger partial charge >= 0.3 is 0 Å². The normalized spacial score (nSPS) is 31.1. The number of benzene rings is 1. The van der Waals surface area contributed by atoms with Gasteiger partial charge in [0.05, 0.1) is 18.2 Å². The zero-order valence-electron chi connectivity index (χ0n) is 15.6. The average Bonchev–Trinajstić information content (AvgIpc) is 3.26. The van der Waals surface area contributed by atoms with Gasteiger partial charge in [-0.25, -0.2) is 8.78 Å². The number of halogens is 2. The van der Waals surface area contributed by atoms with Crippen molar-refractivity contribution in [3.05, 3.63) is 35.4 Å². The molecule has 6 nitrogen and oxygen atoms in total. The Bertz CT molecular complexity index is 790. The van der Waals surface area contributed by atoms with Crippen LogP contribution in [0.2, 0.25) is 0 Å². The first kappa shape index (κ1) is 19.3. The molecule has 0 radical (unpaired) electrons. The van der Waals surface area contributed by atoms with E-state index in [2.05, 4.69) is 5.32 Å². The van der Waals surface area contributed by atoms with Gasteiger partial charge in [0.25, 0.3) is 0 Å². The summed E-state index contributed by atoms with van der Waals surface area (Å²) in [6.07, 6.45) is 2.44. The predicted molar refractivity (Wildman–Crippen MR) is 97.1 cm³/mol. The number of nitrogens with two attached hydrogens (primary N) is 1. The Morgan fingerprint density at radius 3 is 2.93 bits per heavy atom. The number of nitrogens with one attached hydrogen (secondary N) is 1. The van der Waals surface area contributed by atoms with Crippen LogP contribution in [0.4, 0.5) is 8.78 Å². The van der Waals surface area contributed by atoms with Crippen LogP contribution >= 0.6 is 0 Å². The topological polar surface area (TPSA) is 84.7 Å². The molecule has 0 aliphatic carbocycles. The molecule has 0 saturated carbocycles. The Labute approximate surface area is 162 Å². The van der Waals surface area contributed by atoms with Gasteiger partial charge in [0, 0.05) is 44.0 Å². The van der Waals surface area contributed by atoms with Gasteiger partial charge in [0.1, 0.15) is 11.6 Å². The fourth-order valence-electron chi connectivity index (χ4n) is 5.19. The van der Waals surface area contributed by atoms with Crippen LogP contribution in [0.5, 0.6) is 0 Å². The summed E-state index contributed by atoms with van der Waals surface area (Å²) in [6.45, 7) is 2.20. The highest BCUT2D eigenvalue weighted by atomic mass is 19.1. The fourth-order valence-corrected chi connectivity index (χ4v) is 5.19. The molecule has 2 bridgehead atoms. The van der Waals surface area contributed by atoms with E-state index in [-0.39, 0.29) is 54.7 Å². The third-order valence-electron chi connectivity index (χ3n) is 6.41. The van der Waals surface area contributed by atoms with Crippen LogP contribution in [0.25, 0.3) is 0 Å². The average molecular weight is 393 g/mol. The minimum atomic E-state index is -0.628. The molecule has 3 saturated heterocycles. The van der Waals surface area contributed by atoms with Gasteiger partial charge in [-0.15, -0.1) is 0 Å². The second kappa shape index (κ2) is 7.40. The van der Waals surface area contributed by atoms with E-state index in [1.165, 1.54) is 12.1 Å². The highest BCUT2D eigenvalue weighted by Crippen LogP contribution is 2.54. The van der Waals surface area contributed by atoms with E-state index in [1.54, 1.807) is 0 Å². The minimum absolute atomic E-state index is 0.135. The van der Waals surface area contributed by atoms with Crippen molar-refractivity contribution in [1.82, 2.24) is 10.2 Å². The molecule has 28 heavy (non-hydrogen) atoms. The number of nitrogens with zero attached hydrogens (tertiary/aromatic N) is 1. The zero-order valence-corrected chi connectivity index (χ0v) is 15.6. The quantitative estimate of drug-likeness (QED) is 0.723. The first-order chi connectivity index (χ1) is 13.4. The van der Waals surface area contributed by atoms with E-state index in [4.69, 9.17) is 10.5 Å². The van der Waals surface area contributed by atoms with Crippen LogP contribution in [0, 0.1) is 23.5 Å². The van der Waals surface area contributed by atoms with E-state index >= 15 is 0 Å². The van der Waals surface area contributed by atoms with Gasteiger partial charge in [0.2, 0.25) is 11.8 Å². The summed E-state index contributed by atoms with van der Waals surface area (Å²) in [4.78, 5) is 25.5. The molecule has 1 aromatic carbocycles. The third-order valence-corrected chi connectivity index (χ3v) is 6.41. The Balaban J connectivity index is 1.30. The number of ether oxygens (including phenoxy) is 1. The van der Waals surface area contributed by atoms with Crippen molar-refractivity contribution in [3.8, 4) is 0 Å². The largest absolute Gasteiger partial charge is 0.370 e. The van der Waals surface area contributed by atoms with Crippen LogP contribution in [0.1, 0.15) is 24.8 Å². The van der Waals surface area contributed by atoms with Gasteiger partial charge in [0.15, 0.2) is 0 Å². The number of amides is 2. The van der Waals surface area contributed by atoms with E-state index in [9.17, 15) is 18.4 Å². The number of carbonyl (C=O) groups excluding carboxylic acids is 2. The number of rotatable bonds is 7. The molecule has 4 atom stereocenters. The molecule has 3 aliphatic rings. The standard InChI is InChI=1S/C20H25F2N3O3/c21-13-3-1-12(16(22)7-13)2-4-19(27)24-8-14-15-9-25(10-18(23)26)11-20(15)6-5-17(14)28-20/h1,3,7,14-15,17H,2,4-6,8-11H2,(H2,23,26)(H,24,27)/t14-,15+,17+,20+/m0/s1. The van der Waals surface area contributed by atoms with Gasteiger partial charge in [-0.05, 0) is 30.9 Å². The van der Waals surface area contributed by atoms with Gasteiger partial charge in [-0.1, -0.05) is 6.07 Å². The van der Waals surface area contributed by atoms with Crippen LogP contribution in [-0.2, 0) is 20.7 Å². The van der Waals surface area contributed by atoms with E-state index in [1.807, 2.05) is 4.90 Å². The Morgan fingerprint density at radius 1 is 1.36 bits per heavy atom. The highest BCUT2D eigenvalue weighted by Gasteiger charge is 2.62. The molecule has 8 heteroatoms. The lowest BCUT2D eigenvalue weighted by Gasteiger charge is -2.29. The van der Waals surface area contributed by atoms with Crippen molar-refractivity contribution in [3.63, 3.8) is 0 Å². The minimum Gasteiger partial charge on any atom is -0.370 e. The summed E-state index contributed by atoms with van der Waals surface area (Å²) >= 11 is 0. The predicted octanol–water partition coefficient (Wildman–Crippen LogP) is 0.978. The summed E-state index contributed by atoms with van der Waals surface area (Å²) < 4.78 is 32.9. The van der Waals surface area contributed by atoms with Crippen LogP contribution in [0.15, 0.2) is 18.2 Å². The van der Waals surface area contributed by atoms with Crippen molar-refractivity contribution < 1.29 is 23.1 Å². The van der Waals surface area contributed by atoms with E-state index in [0.717, 1.165) is 25.5 Å². The third kappa shape index (κ3) is 3.63. The summed E-state index contributed by atoms with van der Waals surface area (Å²) in [5.74, 6) is -1.27. The number of aryl methyl sites for hydroxylation is 1. The Hall–Kier alpha value is -2.06. The van der Waals surface area contributed by atoms with Gasteiger partial charge < -0.3 is 15.8 Å². The summed E-state index contributed by atoms with van der Waals surface area (Å²) in [6, 6.07) is 3.40. The van der Waals surface area contributed by atoms with Crippen molar-refractivity contribution in [2.75, 3.05) is 26.2 Å². The number of hydrogen-bond acceptors (Lipinski definition) is 4. The summed E-state index contributed by atoms with van der Waals surface area (Å²) in [7, 11) is 0. The van der Waals surface area contributed by atoms with Crippen molar-refractivity contribution in [2.24, 2.45) is 17.6 Å². The van der Waals surface area contributed by atoms with Crippen LogP contribution in [0.3, 0.4) is 0 Å². The number of hydrogen-bond donors (Lipinski definition) is 2. The maximum absolute atomic E-state index is 13.7. The molecule has 3 fully saturated rings. The molecule has 0 aromatic heterocycles. The molecule has 0 unspecified atom stereocenters. The first-order valence-corrected chi connectivity index (χ1v) is 9.75. The fraction of sp³-hybridized carbons (Fsp3) is 0.600. The molecular formula is C20H25F2N3O3. The maximum atomic E-state index is 13.7. The van der Waals surface area contributed by atoms with Crippen molar-refractivity contribution in [2.45, 2.75) is 37.4 Å².